The second kappa shape index (κ2) is 5.79. The lowest BCUT2D eigenvalue weighted by atomic mass is 10.1. The largest absolute Gasteiger partial charge is 0.480 e. The van der Waals surface area contributed by atoms with Gasteiger partial charge in [0, 0.05) is 12.3 Å². The number of aliphatic carboxylic acids is 1. The van der Waals surface area contributed by atoms with E-state index in [9.17, 15) is 14.7 Å². The number of urea groups is 1. The second-order valence-corrected chi connectivity index (χ2v) is 5.93. The highest BCUT2D eigenvalue weighted by Crippen LogP contribution is 2.23. The molecule has 0 radical (unpaired) electrons. The molecular formula is C11H20N2O4S. The average Bonchev–Trinajstić information content (AvgIpc) is 2.72. The lowest BCUT2D eigenvalue weighted by Crippen LogP contribution is -2.51. The fourth-order valence-electron chi connectivity index (χ4n) is 1.80. The van der Waals surface area contributed by atoms with Crippen molar-refractivity contribution >= 4 is 23.8 Å². The second-order valence-electron chi connectivity index (χ2n) is 4.93. The van der Waals surface area contributed by atoms with Crippen molar-refractivity contribution in [1.29, 1.82) is 0 Å². The van der Waals surface area contributed by atoms with Gasteiger partial charge >= 0.3 is 12.0 Å². The van der Waals surface area contributed by atoms with Crippen molar-refractivity contribution < 1.29 is 19.8 Å². The van der Waals surface area contributed by atoms with Crippen molar-refractivity contribution in [2.75, 3.05) is 24.7 Å². The van der Waals surface area contributed by atoms with Crippen LogP contribution in [0.15, 0.2) is 0 Å². The number of nitrogens with zero attached hydrogens (tertiary/aromatic N) is 2. The Morgan fingerprint density at radius 2 is 2.11 bits per heavy atom. The summed E-state index contributed by atoms with van der Waals surface area (Å²) in [5.41, 5.74) is -0.989. The Bertz CT molecular complexity index is 329. The predicted octanol–water partition coefficient (Wildman–Crippen LogP) is 0.659. The zero-order valence-corrected chi connectivity index (χ0v) is 11.7. The molecule has 0 aromatic heterocycles. The van der Waals surface area contributed by atoms with Gasteiger partial charge in [0.25, 0.3) is 0 Å². The van der Waals surface area contributed by atoms with Gasteiger partial charge in [0.1, 0.15) is 6.04 Å². The van der Waals surface area contributed by atoms with Crippen LogP contribution in [-0.2, 0) is 4.79 Å². The molecule has 18 heavy (non-hydrogen) atoms. The van der Waals surface area contributed by atoms with Crippen LogP contribution in [0.4, 0.5) is 4.79 Å². The Labute approximate surface area is 111 Å². The maximum atomic E-state index is 12.2. The number of thioether (sulfide) groups is 1. The molecule has 1 fully saturated rings. The normalized spacial score (nSPS) is 20.0. The summed E-state index contributed by atoms with van der Waals surface area (Å²) in [4.78, 5) is 26.1. The molecule has 1 aliphatic rings. The highest BCUT2D eigenvalue weighted by atomic mass is 32.2. The molecule has 0 aliphatic carbocycles. The Morgan fingerprint density at radius 3 is 2.56 bits per heavy atom. The van der Waals surface area contributed by atoms with Crippen molar-refractivity contribution in [2.45, 2.75) is 32.4 Å². The first-order chi connectivity index (χ1) is 8.26. The molecule has 104 valence electrons. The summed E-state index contributed by atoms with van der Waals surface area (Å²) in [7, 11) is 0. The smallest absolute Gasteiger partial charge is 0.327 e. The minimum absolute atomic E-state index is 0.190. The van der Waals surface area contributed by atoms with E-state index < -0.39 is 17.6 Å². The maximum Gasteiger partial charge on any atom is 0.327 e. The monoisotopic (exact) mass is 276 g/mol. The molecular weight excluding hydrogens is 256 g/mol. The Kier molecular flexibility index (Phi) is 4.86. The molecule has 1 unspecified atom stereocenters. The molecule has 2 N–H and O–H groups in total. The van der Waals surface area contributed by atoms with Gasteiger partial charge in [-0.05, 0) is 20.8 Å². The predicted molar refractivity (Wildman–Crippen MR) is 69.5 cm³/mol. The van der Waals surface area contributed by atoms with Crippen molar-refractivity contribution in [3.63, 3.8) is 0 Å². The van der Waals surface area contributed by atoms with E-state index in [4.69, 9.17) is 5.11 Å². The van der Waals surface area contributed by atoms with E-state index in [1.165, 1.54) is 21.6 Å². The van der Waals surface area contributed by atoms with Crippen molar-refractivity contribution in [1.82, 2.24) is 9.80 Å². The first-order valence-corrected chi connectivity index (χ1v) is 7.00. The zero-order chi connectivity index (χ0) is 13.9. The number of amides is 2. The highest BCUT2D eigenvalue weighted by Gasteiger charge is 2.37. The first kappa shape index (κ1) is 15.1. The molecule has 1 aliphatic heterocycles. The maximum absolute atomic E-state index is 12.2. The molecule has 1 rings (SSSR count). The first-order valence-electron chi connectivity index (χ1n) is 5.84. The number of carboxylic acids is 1. The van der Waals surface area contributed by atoms with Gasteiger partial charge < -0.3 is 20.0 Å². The van der Waals surface area contributed by atoms with Crippen LogP contribution in [0.5, 0.6) is 0 Å². The molecule has 6 nitrogen and oxygen atoms in total. The van der Waals surface area contributed by atoms with Crippen LogP contribution in [0.3, 0.4) is 0 Å². The number of rotatable bonds is 4. The van der Waals surface area contributed by atoms with Crippen LogP contribution in [-0.4, -0.2) is 68.4 Å². The summed E-state index contributed by atoms with van der Waals surface area (Å²) in [6.45, 7) is 5.68. The summed E-state index contributed by atoms with van der Waals surface area (Å²) < 4.78 is 0. The fourth-order valence-corrected chi connectivity index (χ4v) is 2.94. The number of carboxylic acid groups (broad SMARTS) is 1. The molecule has 2 amide bonds. The van der Waals surface area contributed by atoms with Gasteiger partial charge in [-0.3, -0.25) is 0 Å². The Morgan fingerprint density at radius 1 is 1.50 bits per heavy atom. The number of likely N-dealkylation sites (N-methyl/N-ethyl adjacent to an activating group) is 1. The van der Waals surface area contributed by atoms with Crippen molar-refractivity contribution in [3.05, 3.63) is 0 Å². The molecule has 0 saturated carbocycles. The SMILES string of the molecule is CCN(CC(C)(C)O)C(=O)N1CSCC1C(=O)O. The molecule has 0 bridgehead atoms. The van der Waals surface area contributed by atoms with Crippen LogP contribution in [0, 0.1) is 0 Å². The van der Waals surface area contributed by atoms with E-state index >= 15 is 0 Å². The van der Waals surface area contributed by atoms with Crippen molar-refractivity contribution in [3.8, 4) is 0 Å². The van der Waals surface area contributed by atoms with E-state index in [-0.39, 0.29) is 12.6 Å². The van der Waals surface area contributed by atoms with E-state index in [1.807, 2.05) is 6.92 Å². The highest BCUT2D eigenvalue weighted by molar-refractivity contribution is 7.99. The molecule has 1 heterocycles. The van der Waals surface area contributed by atoms with Gasteiger partial charge in [-0.1, -0.05) is 0 Å². The lowest BCUT2D eigenvalue weighted by molar-refractivity contribution is -0.141. The van der Waals surface area contributed by atoms with Crippen LogP contribution in [0.2, 0.25) is 0 Å². The minimum atomic E-state index is -0.989. The van der Waals surface area contributed by atoms with E-state index in [1.54, 1.807) is 13.8 Å². The Balaban J connectivity index is 2.74. The topological polar surface area (TPSA) is 81.1 Å². The standard InChI is InChI=1S/C11H20N2O4S/c1-4-12(6-11(2,3)17)10(16)13-7-18-5-8(13)9(14)15/h8,17H,4-7H2,1-3H3,(H,14,15). The molecule has 0 aromatic rings. The van der Waals surface area contributed by atoms with Crippen LogP contribution in [0.1, 0.15) is 20.8 Å². The summed E-state index contributed by atoms with van der Waals surface area (Å²) in [5, 5.41) is 18.8. The van der Waals surface area contributed by atoms with Gasteiger partial charge in [-0.25, -0.2) is 9.59 Å². The summed E-state index contributed by atoms with van der Waals surface area (Å²) in [5.74, 6) is -0.174. The molecule has 0 spiro atoms. The number of aliphatic hydroxyl groups is 1. The zero-order valence-electron chi connectivity index (χ0n) is 10.9. The summed E-state index contributed by atoms with van der Waals surface area (Å²) >= 11 is 1.43. The third-order valence-electron chi connectivity index (χ3n) is 2.64. The van der Waals surface area contributed by atoms with Gasteiger partial charge in [0.05, 0.1) is 18.0 Å². The van der Waals surface area contributed by atoms with E-state index in [2.05, 4.69) is 0 Å². The van der Waals surface area contributed by atoms with Gasteiger partial charge in [-0.2, -0.15) is 0 Å². The summed E-state index contributed by atoms with van der Waals surface area (Å²) in [6, 6.07) is -1.09. The van der Waals surface area contributed by atoms with E-state index in [0.717, 1.165) is 0 Å². The van der Waals surface area contributed by atoms with Crippen LogP contribution < -0.4 is 0 Å². The van der Waals surface area contributed by atoms with Crippen LogP contribution >= 0.6 is 11.8 Å². The van der Waals surface area contributed by atoms with Gasteiger partial charge in [-0.15, -0.1) is 11.8 Å². The quantitative estimate of drug-likeness (QED) is 0.788. The number of hydrogen-bond donors (Lipinski definition) is 2. The minimum Gasteiger partial charge on any atom is -0.480 e. The third-order valence-corrected chi connectivity index (χ3v) is 3.66. The fraction of sp³-hybridized carbons (Fsp3) is 0.818. The molecule has 7 heteroatoms. The number of carbonyl (C=O) groups excluding carboxylic acids is 1. The number of carbonyl (C=O) groups is 2. The number of hydrogen-bond acceptors (Lipinski definition) is 4. The molecule has 1 atom stereocenters. The van der Waals surface area contributed by atoms with Crippen LogP contribution in [0.25, 0.3) is 0 Å². The molecule has 0 aromatic carbocycles. The van der Waals surface area contributed by atoms with Gasteiger partial charge in [0.15, 0.2) is 0 Å². The third kappa shape index (κ3) is 3.78. The molecule has 1 saturated heterocycles. The van der Waals surface area contributed by atoms with Gasteiger partial charge in [0.2, 0.25) is 0 Å². The average molecular weight is 276 g/mol. The Hall–Kier alpha value is -0.950. The summed E-state index contributed by atoms with van der Waals surface area (Å²) in [6.07, 6.45) is 0. The van der Waals surface area contributed by atoms with E-state index in [0.29, 0.717) is 18.2 Å². The van der Waals surface area contributed by atoms with Crippen molar-refractivity contribution in [2.24, 2.45) is 0 Å². The lowest BCUT2D eigenvalue weighted by Gasteiger charge is -2.32.